The first kappa shape index (κ1) is 22.2. The van der Waals surface area contributed by atoms with Crippen molar-refractivity contribution in [3.8, 4) is 0 Å². The number of morpholine rings is 1. The number of piperazine rings is 1. The summed E-state index contributed by atoms with van der Waals surface area (Å²) in [7, 11) is -3.58. The van der Waals surface area contributed by atoms with E-state index in [9.17, 15) is 22.8 Å². The molecule has 0 aromatic heterocycles. The van der Waals surface area contributed by atoms with Gasteiger partial charge < -0.3 is 20.3 Å². The number of nitrogens with zero attached hydrogens (tertiary/aromatic N) is 3. The zero-order valence-corrected chi connectivity index (χ0v) is 17.4. The summed E-state index contributed by atoms with van der Waals surface area (Å²) in [6.45, 7) is 1.65. The van der Waals surface area contributed by atoms with Gasteiger partial charge in [0.25, 0.3) is 0 Å². The van der Waals surface area contributed by atoms with E-state index >= 15 is 0 Å². The molecule has 164 valence electrons. The molecule has 2 heterocycles. The molecule has 0 radical (unpaired) electrons. The largest absolute Gasteiger partial charge is 0.367 e. The number of rotatable bonds is 6. The molecule has 0 aliphatic carbocycles. The van der Waals surface area contributed by atoms with Crippen molar-refractivity contribution in [2.45, 2.75) is 23.8 Å². The van der Waals surface area contributed by atoms with Gasteiger partial charge >= 0.3 is 0 Å². The predicted molar refractivity (Wildman–Crippen MR) is 107 cm³/mol. The third-order valence-corrected chi connectivity index (χ3v) is 7.17. The van der Waals surface area contributed by atoms with Crippen molar-refractivity contribution in [1.29, 1.82) is 0 Å². The topological polar surface area (TPSA) is 130 Å². The molecule has 11 heteroatoms. The minimum absolute atomic E-state index is 0.0207. The minimum Gasteiger partial charge on any atom is -0.367 e. The van der Waals surface area contributed by atoms with Crippen LogP contribution in [0.4, 0.5) is 0 Å². The van der Waals surface area contributed by atoms with Gasteiger partial charge in [0.05, 0.1) is 18.0 Å². The summed E-state index contributed by atoms with van der Waals surface area (Å²) >= 11 is 0. The van der Waals surface area contributed by atoms with Crippen LogP contribution in [0, 0.1) is 0 Å². The lowest BCUT2D eigenvalue weighted by Crippen LogP contribution is -2.51. The van der Waals surface area contributed by atoms with Gasteiger partial charge in [-0.15, -0.1) is 0 Å². The Bertz CT molecular complexity index is 884. The highest BCUT2D eigenvalue weighted by molar-refractivity contribution is 7.89. The highest BCUT2D eigenvalue weighted by Gasteiger charge is 2.31. The van der Waals surface area contributed by atoms with Gasteiger partial charge in [0, 0.05) is 45.6 Å². The summed E-state index contributed by atoms with van der Waals surface area (Å²) in [4.78, 5) is 39.4. The van der Waals surface area contributed by atoms with E-state index in [2.05, 4.69) is 0 Å². The number of primary amides is 1. The summed E-state index contributed by atoms with van der Waals surface area (Å²) in [6.07, 6.45) is -0.770. The van der Waals surface area contributed by atoms with Gasteiger partial charge in [-0.25, -0.2) is 8.42 Å². The van der Waals surface area contributed by atoms with Crippen molar-refractivity contribution < 1.29 is 27.5 Å². The van der Waals surface area contributed by atoms with Gasteiger partial charge in [-0.1, -0.05) is 18.2 Å². The number of ether oxygens (including phenoxy) is 1. The summed E-state index contributed by atoms with van der Waals surface area (Å²) in [5, 5.41) is 0. The van der Waals surface area contributed by atoms with E-state index in [1.807, 2.05) is 0 Å². The van der Waals surface area contributed by atoms with Crippen molar-refractivity contribution in [3.05, 3.63) is 30.3 Å². The van der Waals surface area contributed by atoms with Crippen LogP contribution < -0.4 is 5.73 Å². The van der Waals surface area contributed by atoms with Crippen molar-refractivity contribution in [1.82, 2.24) is 14.1 Å². The number of amides is 3. The second-order valence-electron chi connectivity index (χ2n) is 7.20. The van der Waals surface area contributed by atoms with Gasteiger partial charge in [-0.3, -0.25) is 14.4 Å². The number of nitrogens with two attached hydrogens (primary N) is 1. The van der Waals surface area contributed by atoms with Crippen LogP contribution in [0.2, 0.25) is 0 Å². The fraction of sp³-hybridized carbons (Fsp3) is 0.526. The van der Waals surface area contributed by atoms with Crippen LogP contribution in [0.1, 0.15) is 12.8 Å². The Labute approximate surface area is 175 Å². The lowest BCUT2D eigenvalue weighted by atomic mass is 10.2. The van der Waals surface area contributed by atoms with E-state index in [1.165, 1.54) is 9.21 Å². The zero-order chi connectivity index (χ0) is 21.7. The summed E-state index contributed by atoms with van der Waals surface area (Å²) in [6, 6.07) is 8.19. The first-order valence-corrected chi connectivity index (χ1v) is 11.2. The molecule has 3 amide bonds. The summed E-state index contributed by atoms with van der Waals surface area (Å²) in [5.41, 5.74) is 5.22. The smallest absolute Gasteiger partial charge is 0.248 e. The van der Waals surface area contributed by atoms with E-state index in [0.717, 1.165) is 0 Å². The molecule has 0 saturated carbocycles. The van der Waals surface area contributed by atoms with E-state index in [-0.39, 0.29) is 68.9 Å². The molecule has 1 atom stereocenters. The van der Waals surface area contributed by atoms with Crippen molar-refractivity contribution >= 4 is 27.7 Å². The maximum Gasteiger partial charge on any atom is 0.248 e. The lowest BCUT2D eigenvalue weighted by Gasteiger charge is -2.34. The molecule has 10 nitrogen and oxygen atoms in total. The molecule has 0 bridgehead atoms. The Morgan fingerprint density at radius 3 is 2.13 bits per heavy atom. The molecular formula is C19H26N4O6S. The molecule has 1 unspecified atom stereocenters. The third kappa shape index (κ3) is 5.15. The maximum atomic E-state index is 12.7. The zero-order valence-electron chi connectivity index (χ0n) is 16.6. The van der Waals surface area contributed by atoms with Crippen LogP contribution in [-0.4, -0.2) is 92.2 Å². The normalized spacial score (nSPS) is 20.7. The molecule has 0 spiro atoms. The monoisotopic (exact) mass is 438 g/mol. The average Bonchev–Trinajstić information content (AvgIpc) is 2.78. The first-order valence-electron chi connectivity index (χ1n) is 9.80. The molecule has 1 aromatic carbocycles. The number of hydrogen-bond donors (Lipinski definition) is 1. The molecule has 2 N–H and O–H groups in total. The fourth-order valence-corrected chi connectivity index (χ4v) is 4.94. The Morgan fingerprint density at radius 1 is 0.933 bits per heavy atom. The molecule has 2 fully saturated rings. The lowest BCUT2D eigenvalue weighted by molar-refractivity contribution is -0.147. The van der Waals surface area contributed by atoms with Crippen molar-refractivity contribution in [2.24, 2.45) is 5.73 Å². The third-order valence-electron chi connectivity index (χ3n) is 5.26. The number of carbonyl (C=O) groups is 3. The molecule has 2 saturated heterocycles. The van der Waals surface area contributed by atoms with Crippen LogP contribution in [-0.2, 0) is 29.1 Å². The predicted octanol–water partition coefficient (Wildman–Crippen LogP) is -0.988. The second-order valence-corrected chi connectivity index (χ2v) is 9.14. The van der Waals surface area contributed by atoms with Crippen molar-refractivity contribution in [3.63, 3.8) is 0 Å². The van der Waals surface area contributed by atoms with Gasteiger partial charge in [-0.05, 0) is 12.1 Å². The Kier molecular flexibility index (Phi) is 7.06. The average molecular weight is 439 g/mol. The molecule has 1 aromatic rings. The van der Waals surface area contributed by atoms with Crippen LogP contribution in [0.25, 0.3) is 0 Å². The Balaban J connectivity index is 1.46. The number of hydrogen-bond acceptors (Lipinski definition) is 6. The van der Waals surface area contributed by atoms with Gasteiger partial charge in [0.1, 0.15) is 0 Å². The summed E-state index contributed by atoms with van der Waals surface area (Å²) in [5.74, 6) is -1.05. The molecule has 30 heavy (non-hydrogen) atoms. The van der Waals surface area contributed by atoms with Gasteiger partial charge in [0.15, 0.2) is 6.10 Å². The first-order chi connectivity index (χ1) is 14.3. The van der Waals surface area contributed by atoms with Gasteiger partial charge in [-0.2, -0.15) is 4.31 Å². The fourth-order valence-electron chi connectivity index (χ4n) is 3.50. The Hall–Kier alpha value is -2.50. The van der Waals surface area contributed by atoms with Crippen LogP contribution >= 0.6 is 0 Å². The highest BCUT2D eigenvalue weighted by Crippen LogP contribution is 2.18. The maximum absolute atomic E-state index is 12.7. The minimum atomic E-state index is -3.58. The number of benzene rings is 1. The van der Waals surface area contributed by atoms with Crippen LogP contribution in [0.15, 0.2) is 35.2 Å². The Morgan fingerprint density at radius 2 is 1.53 bits per heavy atom. The molecule has 3 rings (SSSR count). The number of sulfonamides is 1. The quantitative estimate of drug-likeness (QED) is 0.607. The van der Waals surface area contributed by atoms with Crippen LogP contribution in [0.5, 0.6) is 0 Å². The highest BCUT2D eigenvalue weighted by atomic mass is 32.2. The van der Waals surface area contributed by atoms with E-state index < -0.39 is 22.0 Å². The molecular weight excluding hydrogens is 412 g/mol. The van der Waals surface area contributed by atoms with E-state index in [1.54, 1.807) is 35.2 Å². The number of carbonyl (C=O) groups excluding carboxylic acids is 3. The molecule has 2 aliphatic heterocycles. The standard InChI is InChI=1S/C19H26N4O6S/c20-19(26)16-14-22(12-13-29-16)18(25)7-6-17(24)21-8-10-23(11-9-21)30(27,28)15-4-2-1-3-5-15/h1-5,16H,6-14H2,(H2,20,26). The van der Waals surface area contributed by atoms with E-state index in [0.29, 0.717) is 6.54 Å². The van der Waals surface area contributed by atoms with Crippen molar-refractivity contribution in [2.75, 3.05) is 45.9 Å². The van der Waals surface area contributed by atoms with Crippen LogP contribution in [0.3, 0.4) is 0 Å². The second kappa shape index (κ2) is 9.54. The SMILES string of the molecule is NC(=O)C1CN(C(=O)CCC(=O)N2CCN(S(=O)(=O)c3ccccc3)CC2)CCO1. The van der Waals surface area contributed by atoms with Gasteiger partial charge in [0.2, 0.25) is 27.7 Å². The molecule has 2 aliphatic rings. The summed E-state index contributed by atoms with van der Waals surface area (Å²) < 4.78 is 31.9. The van der Waals surface area contributed by atoms with E-state index in [4.69, 9.17) is 10.5 Å².